The summed E-state index contributed by atoms with van der Waals surface area (Å²) in [5.74, 6) is 0.133. The van der Waals surface area contributed by atoms with Crippen molar-refractivity contribution in [3.8, 4) is 0 Å². The van der Waals surface area contributed by atoms with Crippen LogP contribution in [0.3, 0.4) is 0 Å². The van der Waals surface area contributed by atoms with Crippen molar-refractivity contribution < 1.29 is 17.6 Å². The molecule has 0 aromatic heterocycles. The Kier molecular flexibility index (Phi) is 8.44. The number of alkyl halides is 3. The largest absolute Gasteiger partial charge is 0.416 e. The summed E-state index contributed by atoms with van der Waals surface area (Å²) in [4.78, 5) is 6.92. The molecular formula is C28H35F4N5. The first kappa shape index (κ1) is 27.0. The van der Waals surface area contributed by atoms with Gasteiger partial charge in [-0.05, 0) is 61.3 Å². The molecule has 2 aromatic rings. The molecular weight excluding hydrogens is 482 g/mol. The Hall–Kier alpha value is -3.04. The number of nitrogens with two attached hydrogens (primary N) is 1. The normalized spacial score (nSPS) is 19.0. The van der Waals surface area contributed by atoms with E-state index in [-0.39, 0.29) is 11.9 Å². The van der Waals surface area contributed by atoms with Crippen LogP contribution in [0, 0.1) is 5.82 Å². The highest BCUT2D eigenvalue weighted by molar-refractivity contribution is 5.79. The standard InChI is InChI=1S/C28H35F4N5/c1-20(26(27(33)34-2)22-7-11-24(29)12-8-22)36-15-17-37(18-16-36)25(19-35-13-3-4-14-35)21-5-9-23(10-6-21)28(30,31)32/h5-12,25,34H,1,3-4,13-19,33H2,2H3/b27-26+. The summed E-state index contributed by atoms with van der Waals surface area (Å²) in [5.41, 5.74) is 8.81. The Balaban J connectivity index is 1.50. The average Bonchev–Trinajstić information content (AvgIpc) is 3.41. The van der Waals surface area contributed by atoms with Gasteiger partial charge in [-0.15, -0.1) is 0 Å². The molecule has 0 spiro atoms. The Morgan fingerprint density at radius 3 is 2.08 bits per heavy atom. The quantitative estimate of drug-likeness (QED) is 0.394. The molecule has 2 aliphatic heterocycles. The molecule has 0 saturated carbocycles. The fourth-order valence-corrected chi connectivity index (χ4v) is 5.22. The van der Waals surface area contributed by atoms with Gasteiger partial charge in [-0.3, -0.25) is 4.90 Å². The lowest BCUT2D eigenvalue weighted by Gasteiger charge is -2.42. The number of hydrogen-bond acceptors (Lipinski definition) is 5. The van der Waals surface area contributed by atoms with Crippen molar-refractivity contribution in [3.05, 3.63) is 89.1 Å². The van der Waals surface area contributed by atoms with Crippen molar-refractivity contribution in [2.24, 2.45) is 5.73 Å². The molecule has 2 aliphatic rings. The van der Waals surface area contributed by atoms with Crippen molar-refractivity contribution in [3.63, 3.8) is 0 Å². The first-order valence-electron chi connectivity index (χ1n) is 12.7. The van der Waals surface area contributed by atoms with E-state index < -0.39 is 11.7 Å². The average molecular weight is 518 g/mol. The minimum Gasteiger partial charge on any atom is -0.385 e. The zero-order valence-corrected chi connectivity index (χ0v) is 21.2. The van der Waals surface area contributed by atoms with Crippen LogP contribution >= 0.6 is 0 Å². The van der Waals surface area contributed by atoms with Gasteiger partial charge >= 0.3 is 6.18 Å². The first-order chi connectivity index (χ1) is 17.7. The first-order valence-corrected chi connectivity index (χ1v) is 12.7. The lowest BCUT2D eigenvalue weighted by molar-refractivity contribution is -0.137. The third-order valence-electron chi connectivity index (χ3n) is 7.35. The Labute approximate surface area is 216 Å². The molecule has 0 radical (unpaired) electrons. The van der Waals surface area contributed by atoms with E-state index in [0.29, 0.717) is 18.9 Å². The molecule has 2 saturated heterocycles. The van der Waals surface area contributed by atoms with Crippen molar-refractivity contribution in [2.75, 3.05) is 52.9 Å². The summed E-state index contributed by atoms with van der Waals surface area (Å²) in [6.45, 7) is 9.98. The molecule has 2 fully saturated rings. The lowest BCUT2D eigenvalue weighted by atomic mass is 10.00. The van der Waals surface area contributed by atoms with Crippen molar-refractivity contribution in [1.29, 1.82) is 0 Å². The van der Waals surface area contributed by atoms with E-state index in [4.69, 9.17) is 5.73 Å². The van der Waals surface area contributed by atoms with Crippen LogP contribution in [0.5, 0.6) is 0 Å². The van der Waals surface area contributed by atoms with Gasteiger partial charge in [0.15, 0.2) is 0 Å². The van der Waals surface area contributed by atoms with Crippen LogP contribution < -0.4 is 11.1 Å². The molecule has 2 aromatic carbocycles. The zero-order chi connectivity index (χ0) is 26.6. The van der Waals surface area contributed by atoms with E-state index in [0.717, 1.165) is 68.0 Å². The zero-order valence-electron chi connectivity index (χ0n) is 21.2. The van der Waals surface area contributed by atoms with Gasteiger partial charge in [-0.25, -0.2) is 4.39 Å². The molecule has 37 heavy (non-hydrogen) atoms. The van der Waals surface area contributed by atoms with E-state index in [2.05, 4.69) is 26.6 Å². The number of nitrogens with one attached hydrogen (secondary N) is 1. The number of nitrogens with zero attached hydrogens (tertiary/aromatic N) is 3. The number of halogens is 4. The summed E-state index contributed by atoms with van der Waals surface area (Å²) >= 11 is 0. The SMILES string of the molecule is C=C(/C(=C(/N)NC)c1ccc(F)cc1)N1CCN(C(CN2CCCC2)c2ccc(C(F)(F)F)cc2)CC1. The molecule has 9 heteroatoms. The Bertz CT molecular complexity index is 1080. The molecule has 1 unspecified atom stereocenters. The van der Waals surface area contributed by atoms with Gasteiger partial charge in [0.25, 0.3) is 0 Å². The van der Waals surface area contributed by atoms with Crippen LogP contribution in [0.1, 0.15) is 35.6 Å². The molecule has 1 atom stereocenters. The topological polar surface area (TPSA) is 47.8 Å². The predicted molar refractivity (Wildman–Crippen MR) is 139 cm³/mol. The number of hydrogen-bond donors (Lipinski definition) is 2. The maximum atomic E-state index is 13.5. The van der Waals surface area contributed by atoms with Gasteiger partial charge in [-0.1, -0.05) is 30.8 Å². The number of allylic oxidation sites excluding steroid dienone is 1. The van der Waals surface area contributed by atoms with Crippen molar-refractivity contribution in [1.82, 2.24) is 20.0 Å². The van der Waals surface area contributed by atoms with E-state index >= 15 is 0 Å². The summed E-state index contributed by atoms with van der Waals surface area (Å²) in [5, 5.41) is 2.98. The van der Waals surface area contributed by atoms with Crippen LogP contribution in [-0.2, 0) is 6.18 Å². The summed E-state index contributed by atoms with van der Waals surface area (Å²) < 4.78 is 52.9. The molecule has 5 nitrogen and oxygen atoms in total. The molecule has 4 rings (SSSR count). The van der Waals surface area contributed by atoms with Crippen LogP contribution in [0.4, 0.5) is 17.6 Å². The van der Waals surface area contributed by atoms with Gasteiger partial charge in [0.1, 0.15) is 11.6 Å². The predicted octanol–water partition coefficient (Wildman–Crippen LogP) is 4.66. The fraction of sp³-hybridized carbons (Fsp3) is 0.429. The Morgan fingerprint density at radius 2 is 1.54 bits per heavy atom. The molecule has 200 valence electrons. The maximum Gasteiger partial charge on any atom is 0.416 e. The maximum absolute atomic E-state index is 13.5. The molecule has 3 N–H and O–H groups in total. The van der Waals surface area contributed by atoms with Crippen LogP contribution in [0.15, 0.2) is 66.6 Å². The second-order valence-corrected chi connectivity index (χ2v) is 9.66. The summed E-state index contributed by atoms with van der Waals surface area (Å²) in [7, 11) is 1.73. The smallest absolute Gasteiger partial charge is 0.385 e. The molecule has 0 bridgehead atoms. The minimum absolute atomic E-state index is 0.00490. The van der Waals surface area contributed by atoms with E-state index in [1.165, 1.54) is 24.3 Å². The van der Waals surface area contributed by atoms with Crippen LogP contribution in [0.2, 0.25) is 0 Å². The van der Waals surface area contributed by atoms with Crippen LogP contribution in [-0.4, -0.2) is 67.6 Å². The highest BCUT2D eigenvalue weighted by atomic mass is 19.4. The van der Waals surface area contributed by atoms with Crippen LogP contribution in [0.25, 0.3) is 5.57 Å². The number of benzene rings is 2. The van der Waals surface area contributed by atoms with Gasteiger partial charge < -0.3 is 20.9 Å². The van der Waals surface area contributed by atoms with Crippen molar-refractivity contribution in [2.45, 2.75) is 25.1 Å². The highest BCUT2D eigenvalue weighted by Gasteiger charge is 2.32. The summed E-state index contributed by atoms with van der Waals surface area (Å²) in [6.07, 6.45) is -2.04. The monoisotopic (exact) mass is 517 g/mol. The van der Waals surface area contributed by atoms with Gasteiger partial charge in [-0.2, -0.15) is 13.2 Å². The second kappa shape index (κ2) is 11.6. The number of likely N-dealkylation sites (tertiary alicyclic amines) is 1. The lowest BCUT2D eigenvalue weighted by Crippen LogP contribution is -2.49. The second-order valence-electron chi connectivity index (χ2n) is 9.66. The summed E-state index contributed by atoms with van der Waals surface area (Å²) in [6, 6.07) is 11.8. The molecule has 0 amide bonds. The number of rotatable bonds is 8. The van der Waals surface area contributed by atoms with E-state index in [1.807, 2.05) is 0 Å². The van der Waals surface area contributed by atoms with E-state index in [1.54, 1.807) is 31.3 Å². The minimum atomic E-state index is -4.35. The van der Waals surface area contributed by atoms with Crippen molar-refractivity contribution >= 4 is 5.57 Å². The Morgan fingerprint density at radius 1 is 0.946 bits per heavy atom. The third kappa shape index (κ3) is 6.45. The van der Waals surface area contributed by atoms with Gasteiger partial charge in [0, 0.05) is 57.1 Å². The highest BCUT2D eigenvalue weighted by Crippen LogP contribution is 2.33. The molecule has 0 aliphatic carbocycles. The fourth-order valence-electron chi connectivity index (χ4n) is 5.22. The third-order valence-corrected chi connectivity index (χ3v) is 7.35. The van der Waals surface area contributed by atoms with E-state index in [9.17, 15) is 17.6 Å². The number of piperazine rings is 1. The molecule has 2 heterocycles. The van der Waals surface area contributed by atoms with Gasteiger partial charge in [0.2, 0.25) is 0 Å². The van der Waals surface area contributed by atoms with Gasteiger partial charge in [0.05, 0.1) is 5.56 Å².